The number of fused-ring (bicyclic) bond motifs is 1. The molecule has 0 aromatic heterocycles. The van der Waals surface area contributed by atoms with Crippen molar-refractivity contribution in [2.75, 3.05) is 24.5 Å². The van der Waals surface area contributed by atoms with Gasteiger partial charge in [0, 0.05) is 25.2 Å². The lowest BCUT2D eigenvalue weighted by atomic mass is 10.0. The number of anilines is 1. The van der Waals surface area contributed by atoms with E-state index in [4.69, 9.17) is 0 Å². The van der Waals surface area contributed by atoms with E-state index >= 15 is 0 Å². The predicted octanol–water partition coefficient (Wildman–Crippen LogP) is 1.59. The van der Waals surface area contributed by atoms with Gasteiger partial charge in [0.1, 0.15) is 0 Å². The fourth-order valence-electron chi connectivity index (χ4n) is 2.94. The fraction of sp³-hybridized carbons (Fsp3) is 0.467. The van der Waals surface area contributed by atoms with E-state index in [-0.39, 0.29) is 11.8 Å². The smallest absolute Gasteiger partial charge is 0.248 e. The summed E-state index contributed by atoms with van der Waals surface area (Å²) in [6, 6.07) is 8.22. The molecule has 3 rings (SSSR count). The number of benzene rings is 1. The molecule has 0 saturated carbocycles. The highest BCUT2D eigenvalue weighted by atomic mass is 16.2. The molecule has 4 nitrogen and oxygen atoms in total. The van der Waals surface area contributed by atoms with Crippen LogP contribution in [0.2, 0.25) is 0 Å². The Morgan fingerprint density at radius 2 is 1.89 bits per heavy atom. The minimum Gasteiger partial charge on any atom is -0.362 e. The molecule has 1 aromatic rings. The van der Waals surface area contributed by atoms with Gasteiger partial charge in [0.25, 0.3) is 0 Å². The van der Waals surface area contributed by atoms with Crippen molar-refractivity contribution >= 4 is 17.5 Å². The Morgan fingerprint density at radius 1 is 1.11 bits per heavy atom. The van der Waals surface area contributed by atoms with Crippen LogP contribution in [0.1, 0.15) is 24.8 Å². The topological polar surface area (TPSA) is 40.6 Å². The zero-order chi connectivity index (χ0) is 13.2. The number of aryl methyl sites for hydroxylation is 1. The van der Waals surface area contributed by atoms with Gasteiger partial charge in [-0.3, -0.25) is 14.5 Å². The summed E-state index contributed by atoms with van der Waals surface area (Å²) in [4.78, 5) is 27.3. The molecule has 2 aliphatic heterocycles. The predicted molar refractivity (Wildman–Crippen MR) is 72.9 cm³/mol. The molecular formula is C15H18N2O2. The highest BCUT2D eigenvalue weighted by molar-refractivity contribution is 5.98. The van der Waals surface area contributed by atoms with Crippen molar-refractivity contribution in [1.29, 1.82) is 0 Å². The van der Waals surface area contributed by atoms with Crippen molar-refractivity contribution in [1.82, 2.24) is 4.90 Å². The normalized spacial score (nSPS) is 18.6. The summed E-state index contributed by atoms with van der Waals surface area (Å²) in [5, 5.41) is 0. The molecule has 100 valence electrons. The molecule has 2 aliphatic rings. The zero-order valence-electron chi connectivity index (χ0n) is 11.0. The van der Waals surface area contributed by atoms with Crippen LogP contribution in [0.15, 0.2) is 24.3 Å². The second kappa shape index (κ2) is 5.03. The molecule has 0 bridgehead atoms. The first kappa shape index (κ1) is 12.2. The van der Waals surface area contributed by atoms with E-state index in [2.05, 4.69) is 17.0 Å². The Balaban J connectivity index is 1.74. The number of carbonyl (C=O) groups excluding carboxylic acids is 2. The molecule has 1 saturated heterocycles. The third-order valence-electron chi connectivity index (χ3n) is 3.91. The Bertz CT molecular complexity index is 513. The fourth-order valence-corrected chi connectivity index (χ4v) is 2.94. The van der Waals surface area contributed by atoms with Crippen LogP contribution < -0.4 is 4.90 Å². The van der Waals surface area contributed by atoms with Crippen LogP contribution in [0, 0.1) is 0 Å². The number of amides is 2. The van der Waals surface area contributed by atoms with Crippen LogP contribution >= 0.6 is 0 Å². The van der Waals surface area contributed by atoms with E-state index in [1.807, 2.05) is 12.1 Å². The second-order valence-electron chi connectivity index (χ2n) is 5.20. The summed E-state index contributed by atoms with van der Waals surface area (Å²) in [5.41, 5.74) is 2.45. The van der Waals surface area contributed by atoms with Gasteiger partial charge in [-0.25, -0.2) is 0 Å². The molecule has 0 atom stereocenters. The number of likely N-dealkylation sites (tertiary alicyclic amines) is 1. The van der Waals surface area contributed by atoms with Crippen LogP contribution in [0.5, 0.6) is 0 Å². The van der Waals surface area contributed by atoms with Crippen LogP contribution in [0.4, 0.5) is 5.69 Å². The minimum absolute atomic E-state index is 0.0182. The van der Waals surface area contributed by atoms with Crippen LogP contribution in [-0.2, 0) is 16.0 Å². The number of carbonyl (C=O) groups is 2. The molecule has 0 spiro atoms. The number of rotatable bonds is 2. The number of nitrogens with zero attached hydrogens (tertiary/aromatic N) is 2. The van der Waals surface area contributed by atoms with E-state index < -0.39 is 0 Å². The van der Waals surface area contributed by atoms with Gasteiger partial charge >= 0.3 is 0 Å². The van der Waals surface area contributed by atoms with Crippen molar-refractivity contribution in [2.45, 2.75) is 25.7 Å². The monoisotopic (exact) mass is 258 g/mol. The van der Waals surface area contributed by atoms with Crippen molar-refractivity contribution in [3.05, 3.63) is 29.8 Å². The standard InChI is InChI=1S/C15H18N2O2/c18-14-8-4-10-17(14)15(19)11-16-9-3-6-12-5-1-2-7-13(12)16/h1-2,5,7H,3-4,6,8-11H2. The Labute approximate surface area is 113 Å². The Hall–Kier alpha value is -1.84. The first-order chi connectivity index (χ1) is 9.25. The quantitative estimate of drug-likeness (QED) is 0.809. The van der Waals surface area contributed by atoms with E-state index in [1.54, 1.807) is 0 Å². The second-order valence-corrected chi connectivity index (χ2v) is 5.20. The van der Waals surface area contributed by atoms with Gasteiger partial charge < -0.3 is 4.90 Å². The molecule has 1 fully saturated rings. The van der Waals surface area contributed by atoms with Crippen molar-refractivity contribution in [2.24, 2.45) is 0 Å². The number of hydrogen-bond donors (Lipinski definition) is 0. The van der Waals surface area contributed by atoms with Gasteiger partial charge in [-0.2, -0.15) is 0 Å². The maximum absolute atomic E-state index is 12.2. The van der Waals surface area contributed by atoms with Crippen LogP contribution in [-0.4, -0.2) is 36.3 Å². The van der Waals surface area contributed by atoms with E-state index in [1.165, 1.54) is 10.5 Å². The van der Waals surface area contributed by atoms with E-state index in [0.717, 1.165) is 31.5 Å². The average molecular weight is 258 g/mol. The average Bonchev–Trinajstić information content (AvgIpc) is 2.85. The lowest BCUT2D eigenvalue weighted by Gasteiger charge is -2.31. The molecule has 4 heteroatoms. The molecule has 0 N–H and O–H groups in total. The molecule has 1 aromatic carbocycles. The highest BCUT2D eigenvalue weighted by Crippen LogP contribution is 2.26. The van der Waals surface area contributed by atoms with Gasteiger partial charge in [0.2, 0.25) is 11.8 Å². The first-order valence-corrected chi connectivity index (χ1v) is 6.92. The molecule has 0 unspecified atom stereocenters. The number of hydrogen-bond acceptors (Lipinski definition) is 3. The lowest BCUT2D eigenvalue weighted by molar-refractivity contribution is -0.140. The van der Waals surface area contributed by atoms with Gasteiger partial charge in [-0.05, 0) is 30.9 Å². The maximum atomic E-state index is 12.2. The molecule has 19 heavy (non-hydrogen) atoms. The van der Waals surface area contributed by atoms with E-state index in [9.17, 15) is 9.59 Å². The molecule has 0 aliphatic carbocycles. The summed E-state index contributed by atoms with van der Waals surface area (Å²) >= 11 is 0. The zero-order valence-corrected chi connectivity index (χ0v) is 11.0. The summed E-state index contributed by atoms with van der Waals surface area (Å²) in [6.07, 6.45) is 3.46. The van der Waals surface area contributed by atoms with Gasteiger partial charge in [0.15, 0.2) is 0 Å². The largest absolute Gasteiger partial charge is 0.362 e. The SMILES string of the molecule is O=C1CCCN1C(=O)CN1CCCc2ccccc21. The first-order valence-electron chi connectivity index (χ1n) is 6.92. The lowest BCUT2D eigenvalue weighted by Crippen LogP contribution is -2.42. The summed E-state index contributed by atoms with van der Waals surface area (Å²) in [5.74, 6) is -0.0745. The molecule has 2 heterocycles. The van der Waals surface area contributed by atoms with Crippen molar-refractivity contribution < 1.29 is 9.59 Å². The number of para-hydroxylation sites is 1. The van der Waals surface area contributed by atoms with Gasteiger partial charge in [0.05, 0.1) is 6.54 Å². The summed E-state index contributed by atoms with van der Waals surface area (Å²) in [7, 11) is 0. The summed E-state index contributed by atoms with van der Waals surface area (Å²) < 4.78 is 0. The Morgan fingerprint density at radius 3 is 2.68 bits per heavy atom. The van der Waals surface area contributed by atoms with Crippen LogP contribution in [0.3, 0.4) is 0 Å². The van der Waals surface area contributed by atoms with Crippen LogP contribution in [0.25, 0.3) is 0 Å². The summed E-state index contributed by atoms with van der Waals surface area (Å²) in [6.45, 7) is 1.81. The third-order valence-corrected chi connectivity index (χ3v) is 3.91. The molecular weight excluding hydrogens is 240 g/mol. The van der Waals surface area contributed by atoms with Crippen molar-refractivity contribution in [3.63, 3.8) is 0 Å². The maximum Gasteiger partial charge on any atom is 0.248 e. The number of imide groups is 1. The van der Waals surface area contributed by atoms with E-state index in [0.29, 0.717) is 19.5 Å². The molecule has 0 radical (unpaired) electrons. The highest BCUT2D eigenvalue weighted by Gasteiger charge is 2.28. The van der Waals surface area contributed by atoms with Crippen molar-refractivity contribution in [3.8, 4) is 0 Å². The third kappa shape index (κ3) is 2.35. The minimum atomic E-state index is -0.0563. The van der Waals surface area contributed by atoms with Gasteiger partial charge in [-0.1, -0.05) is 18.2 Å². The van der Waals surface area contributed by atoms with Gasteiger partial charge in [-0.15, -0.1) is 0 Å². The Kier molecular flexibility index (Phi) is 3.23. The molecule has 2 amide bonds.